The number of phenolic OH excluding ortho intramolecular Hbond substituents is 1. The van der Waals surface area contributed by atoms with Crippen LogP contribution >= 0.6 is 11.6 Å². The Morgan fingerprint density at radius 1 is 1.54 bits per heavy atom. The second-order valence-corrected chi connectivity index (χ2v) is 3.43. The Balaban J connectivity index is 2.58. The van der Waals surface area contributed by atoms with Gasteiger partial charge in [-0.1, -0.05) is 11.6 Å². The minimum atomic E-state index is -0.136. The maximum atomic E-state index is 9.35. The lowest BCUT2D eigenvalue weighted by molar-refractivity contribution is 0.268. The molecule has 0 saturated carbocycles. The molecule has 4 heteroatoms. The van der Waals surface area contributed by atoms with Gasteiger partial charge in [0.15, 0.2) is 0 Å². The minimum Gasteiger partial charge on any atom is -0.506 e. The maximum Gasteiger partial charge on any atom is 0.134 e. The molecule has 0 saturated heterocycles. The van der Waals surface area contributed by atoms with Crippen LogP contribution in [-0.4, -0.2) is 11.7 Å². The van der Waals surface area contributed by atoms with Crippen LogP contribution in [-0.2, 0) is 0 Å². The number of aromatic hydroxyl groups is 1. The van der Waals surface area contributed by atoms with Crippen molar-refractivity contribution in [1.82, 2.24) is 0 Å². The fraction of sp³-hybridized carbons (Fsp3) is 0.333. The van der Waals surface area contributed by atoms with E-state index < -0.39 is 0 Å². The molecule has 0 spiro atoms. The smallest absolute Gasteiger partial charge is 0.134 e. The minimum absolute atomic E-state index is 0.0568. The first-order valence-electron chi connectivity index (χ1n) is 4.10. The molecular formula is C9H10ClNO2. The van der Waals surface area contributed by atoms with Gasteiger partial charge in [-0.25, -0.2) is 0 Å². The molecule has 3 N–H and O–H groups in total. The SMILES string of the molecule is NC1CCOc2ccc(O)c(Cl)c21. The van der Waals surface area contributed by atoms with E-state index in [4.69, 9.17) is 22.1 Å². The standard InChI is InChI=1S/C9H10ClNO2/c10-9-6(12)1-2-7-8(9)5(11)3-4-13-7/h1-2,5,12H,3-4,11H2. The number of benzene rings is 1. The molecule has 0 radical (unpaired) electrons. The Hall–Kier alpha value is -0.930. The van der Waals surface area contributed by atoms with E-state index in [0.717, 1.165) is 6.42 Å². The molecule has 3 nitrogen and oxygen atoms in total. The zero-order valence-corrected chi connectivity index (χ0v) is 7.71. The average Bonchev–Trinajstić information content (AvgIpc) is 2.12. The summed E-state index contributed by atoms with van der Waals surface area (Å²) in [7, 11) is 0. The summed E-state index contributed by atoms with van der Waals surface area (Å²) in [6, 6.07) is 3.07. The molecule has 70 valence electrons. The summed E-state index contributed by atoms with van der Waals surface area (Å²) in [6.07, 6.45) is 0.732. The molecule has 13 heavy (non-hydrogen) atoms. The molecule has 1 aliphatic heterocycles. The van der Waals surface area contributed by atoms with Crippen molar-refractivity contribution in [3.63, 3.8) is 0 Å². The molecule has 0 bridgehead atoms. The third-order valence-corrected chi connectivity index (χ3v) is 2.57. The third kappa shape index (κ3) is 1.34. The van der Waals surface area contributed by atoms with Crippen molar-refractivity contribution in [3.8, 4) is 11.5 Å². The van der Waals surface area contributed by atoms with Crippen molar-refractivity contribution >= 4 is 11.6 Å². The molecule has 0 fully saturated rings. The molecule has 1 aromatic carbocycles. The van der Waals surface area contributed by atoms with Crippen molar-refractivity contribution < 1.29 is 9.84 Å². The number of nitrogens with two attached hydrogens (primary N) is 1. The first-order valence-corrected chi connectivity index (χ1v) is 4.47. The van der Waals surface area contributed by atoms with Gasteiger partial charge in [-0.15, -0.1) is 0 Å². The van der Waals surface area contributed by atoms with Crippen LogP contribution in [0.25, 0.3) is 0 Å². The van der Waals surface area contributed by atoms with E-state index >= 15 is 0 Å². The fourth-order valence-corrected chi connectivity index (χ4v) is 1.77. The molecule has 1 unspecified atom stereocenters. The average molecular weight is 200 g/mol. The van der Waals surface area contributed by atoms with Gasteiger partial charge in [-0.3, -0.25) is 0 Å². The van der Waals surface area contributed by atoms with Crippen LogP contribution < -0.4 is 10.5 Å². The van der Waals surface area contributed by atoms with Gasteiger partial charge in [-0.2, -0.15) is 0 Å². The topological polar surface area (TPSA) is 55.5 Å². The molecule has 0 aromatic heterocycles. The molecule has 1 aromatic rings. The lowest BCUT2D eigenvalue weighted by Gasteiger charge is -2.24. The van der Waals surface area contributed by atoms with Crippen LogP contribution in [0.3, 0.4) is 0 Å². The second-order valence-electron chi connectivity index (χ2n) is 3.05. The maximum absolute atomic E-state index is 9.35. The predicted molar refractivity (Wildman–Crippen MR) is 50.2 cm³/mol. The number of fused-ring (bicyclic) bond motifs is 1. The van der Waals surface area contributed by atoms with Crippen molar-refractivity contribution in [2.24, 2.45) is 5.73 Å². The number of hydrogen-bond donors (Lipinski definition) is 2. The van der Waals surface area contributed by atoms with Gasteiger partial charge in [-0.05, 0) is 12.1 Å². The van der Waals surface area contributed by atoms with E-state index in [9.17, 15) is 5.11 Å². The summed E-state index contributed by atoms with van der Waals surface area (Å²) in [5.41, 5.74) is 6.56. The van der Waals surface area contributed by atoms with Crippen LogP contribution in [0.5, 0.6) is 11.5 Å². The largest absolute Gasteiger partial charge is 0.506 e. The van der Waals surface area contributed by atoms with Crippen LogP contribution in [0, 0.1) is 0 Å². The van der Waals surface area contributed by atoms with Crippen molar-refractivity contribution in [1.29, 1.82) is 0 Å². The highest BCUT2D eigenvalue weighted by Gasteiger charge is 2.22. The number of hydrogen-bond acceptors (Lipinski definition) is 3. The molecule has 0 aliphatic carbocycles. The summed E-state index contributed by atoms with van der Waals surface area (Å²) in [5.74, 6) is 0.739. The van der Waals surface area contributed by atoms with Crippen LogP contribution in [0.4, 0.5) is 0 Å². The summed E-state index contributed by atoms with van der Waals surface area (Å²) < 4.78 is 5.35. The second kappa shape index (κ2) is 3.09. The van der Waals surface area contributed by atoms with Gasteiger partial charge >= 0.3 is 0 Å². The van der Waals surface area contributed by atoms with E-state index in [-0.39, 0.29) is 11.8 Å². The molecule has 0 amide bonds. The van der Waals surface area contributed by atoms with Gasteiger partial charge in [0.25, 0.3) is 0 Å². The van der Waals surface area contributed by atoms with Gasteiger partial charge in [0.05, 0.1) is 11.6 Å². The van der Waals surface area contributed by atoms with E-state index in [1.165, 1.54) is 6.07 Å². The van der Waals surface area contributed by atoms with Gasteiger partial charge in [0.2, 0.25) is 0 Å². The Kier molecular flexibility index (Phi) is 2.06. The first kappa shape index (κ1) is 8.66. The van der Waals surface area contributed by atoms with Crippen molar-refractivity contribution in [2.75, 3.05) is 6.61 Å². The lowest BCUT2D eigenvalue weighted by atomic mass is 10.0. The van der Waals surface area contributed by atoms with Crippen LogP contribution in [0.15, 0.2) is 12.1 Å². The first-order chi connectivity index (χ1) is 6.20. The zero-order valence-electron chi connectivity index (χ0n) is 6.96. The van der Waals surface area contributed by atoms with Crippen LogP contribution in [0.1, 0.15) is 18.0 Å². The van der Waals surface area contributed by atoms with Crippen molar-refractivity contribution in [3.05, 3.63) is 22.7 Å². The normalized spacial score (nSPS) is 20.6. The Morgan fingerprint density at radius 2 is 2.31 bits per heavy atom. The molecular weight excluding hydrogens is 190 g/mol. The Bertz CT molecular complexity index is 341. The van der Waals surface area contributed by atoms with E-state index in [1.54, 1.807) is 6.07 Å². The van der Waals surface area contributed by atoms with Crippen molar-refractivity contribution in [2.45, 2.75) is 12.5 Å². The fourth-order valence-electron chi connectivity index (χ4n) is 1.48. The van der Waals surface area contributed by atoms with E-state index in [0.29, 0.717) is 22.9 Å². The molecule has 2 rings (SSSR count). The summed E-state index contributed by atoms with van der Waals surface area (Å²) >= 11 is 5.90. The summed E-state index contributed by atoms with van der Waals surface area (Å²) in [6.45, 7) is 0.606. The lowest BCUT2D eigenvalue weighted by Crippen LogP contribution is -2.20. The molecule has 1 aliphatic rings. The Morgan fingerprint density at radius 3 is 3.08 bits per heavy atom. The van der Waals surface area contributed by atoms with Crippen LogP contribution in [0.2, 0.25) is 5.02 Å². The highest BCUT2D eigenvalue weighted by Crippen LogP contribution is 2.40. The third-order valence-electron chi connectivity index (χ3n) is 2.18. The number of ether oxygens (including phenoxy) is 1. The monoisotopic (exact) mass is 199 g/mol. The summed E-state index contributed by atoms with van der Waals surface area (Å²) in [4.78, 5) is 0. The summed E-state index contributed by atoms with van der Waals surface area (Å²) in [5, 5.41) is 9.66. The Labute approximate surface area is 81.1 Å². The zero-order chi connectivity index (χ0) is 9.42. The van der Waals surface area contributed by atoms with Gasteiger partial charge in [0, 0.05) is 18.0 Å². The van der Waals surface area contributed by atoms with Gasteiger partial charge < -0.3 is 15.6 Å². The molecule has 1 heterocycles. The number of phenols is 1. The quantitative estimate of drug-likeness (QED) is 0.670. The number of rotatable bonds is 0. The highest BCUT2D eigenvalue weighted by molar-refractivity contribution is 6.33. The van der Waals surface area contributed by atoms with Gasteiger partial charge in [0.1, 0.15) is 11.5 Å². The van der Waals surface area contributed by atoms with E-state index in [2.05, 4.69) is 0 Å². The highest BCUT2D eigenvalue weighted by atomic mass is 35.5. The molecule has 1 atom stereocenters. The number of halogens is 1. The predicted octanol–water partition coefficient (Wildman–Crippen LogP) is 1.83. The van der Waals surface area contributed by atoms with E-state index in [1.807, 2.05) is 0 Å².